The predicted molar refractivity (Wildman–Crippen MR) is 115 cm³/mol. The van der Waals surface area contributed by atoms with Crippen LogP contribution in [0, 0.1) is 17.8 Å². The standard InChI is InChI=1S/C25H36N2O2/c28-25(22-11-15-29-18-22)27-16-21-4-3-5-23(24(21)17-27)20-8-6-19(7-9-20)10-14-26-12-1-2-13-26/h6-9,21-24H,1-5,10-18H2. The average Bonchev–Trinajstić information content (AvgIpc) is 3.53. The second-order valence-electron chi connectivity index (χ2n) is 9.81. The third-order valence-electron chi connectivity index (χ3n) is 8.01. The summed E-state index contributed by atoms with van der Waals surface area (Å²) in [5.41, 5.74) is 2.97. The van der Waals surface area contributed by atoms with Crippen LogP contribution >= 0.6 is 0 Å². The average molecular weight is 397 g/mol. The summed E-state index contributed by atoms with van der Waals surface area (Å²) in [5, 5.41) is 0. The van der Waals surface area contributed by atoms with E-state index in [-0.39, 0.29) is 5.92 Å². The molecule has 158 valence electrons. The lowest BCUT2D eigenvalue weighted by Gasteiger charge is -2.33. The zero-order valence-electron chi connectivity index (χ0n) is 17.7. The summed E-state index contributed by atoms with van der Waals surface area (Å²) in [5.74, 6) is 2.43. The largest absolute Gasteiger partial charge is 0.381 e. The Morgan fingerprint density at radius 3 is 2.59 bits per heavy atom. The van der Waals surface area contributed by atoms with Crippen LogP contribution in [-0.2, 0) is 16.0 Å². The fourth-order valence-electron chi connectivity index (χ4n) is 6.28. The Morgan fingerprint density at radius 1 is 1.00 bits per heavy atom. The molecule has 4 atom stereocenters. The van der Waals surface area contributed by atoms with Gasteiger partial charge in [-0.1, -0.05) is 30.7 Å². The normalized spacial score (nSPS) is 32.6. The molecule has 4 heteroatoms. The van der Waals surface area contributed by atoms with Crippen molar-refractivity contribution < 1.29 is 9.53 Å². The van der Waals surface area contributed by atoms with Gasteiger partial charge in [0.1, 0.15) is 0 Å². The minimum Gasteiger partial charge on any atom is -0.381 e. The number of carbonyl (C=O) groups is 1. The molecule has 1 amide bonds. The molecule has 4 unspecified atom stereocenters. The summed E-state index contributed by atoms with van der Waals surface area (Å²) in [4.78, 5) is 17.7. The van der Waals surface area contributed by atoms with Gasteiger partial charge in [0.25, 0.3) is 0 Å². The topological polar surface area (TPSA) is 32.8 Å². The van der Waals surface area contributed by atoms with E-state index in [1.54, 1.807) is 0 Å². The Labute approximate surface area is 175 Å². The smallest absolute Gasteiger partial charge is 0.228 e. The van der Waals surface area contributed by atoms with Crippen LogP contribution in [0.3, 0.4) is 0 Å². The third kappa shape index (κ3) is 4.25. The molecule has 1 aromatic rings. The Hall–Kier alpha value is -1.39. The molecule has 0 radical (unpaired) electrons. The van der Waals surface area contributed by atoms with Crippen LogP contribution in [0.2, 0.25) is 0 Å². The first-order valence-electron chi connectivity index (χ1n) is 12.0. The summed E-state index contributed by atoms with van der Waals surface area (Å²) in [6.45, 7) is 7.09. The Morgan fingerprint density at radius 2 is 1.83 bits per heavy atom. The number of fused-ring (bicyclic) bond motifs is 1. The van der Waals surface area contributed by atoms with Crippen LogP contribution < -0.4 is 0 Å². The van der Waals surface area contributed by atoms with Crippen molar-refractivity contribution in [3.05, 3.63) is 35.4 Å². The first-order chi connectivity index (χ1) is 14.3. The molecule has 4 fully saturated rings. The maximum Gasteiger partial charge on any atom is 0.228 e. The van der Waals surface area contributed by atoms with Crippen LogP contribution in [0.25, 0.3) is 0 Å². The minimum absolute atomic E-state index is 0.114. The van der Waals surface area contributed by atoms with E-state index in [0.717, 1.165) is 26.1 Å². The van der Waals surface area contributed by atoms with Gasteiger partial charge in [-0.25, -0.2) is 0 Å². The highest BCUT2D eigenvalue weighted by Crippen LogP contribution is 2.45. The molecule has 0 aromatic heterocycles. The molecule has 3 heterocycles. The lowest BCUT2D eigenvalue weighted by atomic mass is 9.71. The van der Waals surface area contributed by atoms with Gasteiger partial charge in [0.2, 0.25) is 5.91 Å². The molecule has 0 bridgehead atoms. The lowest BCUT2D eigenvalue weighted by Crippen LogP contribution is -2.35. The van der Waals surface area contributed by atoms with Gasteiger partial charge in [-0.05, 0) is 80.5 Å². The van der Waals surface area contributed by atoms with E-state index < -0.39 is 0 Å². The number of amides is 1. The highest BCUT2D eigenvalue weighted by molar-refractivity contribution is 5.79. The van der Waals surface area contributed by atoms with E-state index in [2.05, 4.69) is 34.1 Å². The van der Waals surface area contributed by atoms with E-state index in [4.69, 9.17) is 4.74 Å². The molecular weight excluding hydrogens is 360 g/mol. The van der Waals surface area contributed by atoms with E-state index in [9.17, 15) is 4.79 Å². The first kappa shape index (κ1) is 19.6. The summed E-state index contributed by atoms with van der Waals surface area (Å²) in [6.07, 6.45) is 8.70. The highest BCUT2D eigenvalue weighted by atomic mass is 16.5. The Balaban J connectivity index is 1.21. The third-order valence-corrected chi connectivity index (χ3v) is 8.01. The van der Waals surface area contributed by atoms with E-state index in [1.807, 2.05) is 0 Å². The second-order valence-corrected chi connectivity index (χ2v) is 9.81. The minimum atomic E-state index is 0.114. The second kappa shape index (κ2) is 8.77. The molecule has 1 aromatic carbocycles. The zero-order valence-corrected chi connectivity index (χ0v) is 17.7. The van der Waals surface area contributed by atoms with Gasteiger partial charge in [-0.3, -0.25) is 4.79 Å². The molecule has 1 saturated carbocycles. The van der Waals surface area contributed by atoms with E-state index in [0.29, 0.717) is 30.3 Å². The summed E-state index contributed by atoms with van der Waals surface area (Å²) in [6, 6.07) is 9.51. The van der Waals surface area contributed by atoms with Crippen molar-refractivity contribution in [1.82, 2.24) is 9.80 Å². The van der Waals surface area contributed by atoms with Gasteiger partial charge >= 0.3 is 0 Å². The molecule has 4 nitrogen and oxygen atoms in total. The molecule has 0 N–H and O–H groups in total. The maximum atomic E-state index is 12.9. The zero-order chi connectivity index (χ0) is 19.6. The van der Waals surface area contributed by atoms with E-state index >= 15 is 0 Å². The Bertz CT molecular complexity index is 691. The molecule has 3 aliphatic heterocycles. The molecule has 1 aliphatic carbocycles. The van der Waals surface area contributed by atoms with Crippen molar-refractivity contribution in [3.63, 3.8) is 0 Å². The van der Waals surface area contributed by atoms with E-state index in [1.165, 1.54) is 69.3 Å². The van der Waals surface area contributed by atoms with Crippen molar-refractivity contribution in [3.8, 4) is 0 Å². The number of nitrogens with zero attached hydrogens (tertiary/aromatic N) is 2. The number of ether oxygens (including phenoxy) is 1. The molecular formula is C25H36N2O2. The fourth-order valence-corrected chi connectivity index (χ4v) is 6.28. The van der Waals surface area contributed by atoms with Crippen LogP contribution in [0.15, 0.2) is 24.3 Å². The predicted octanol–water partition coefficient (Wildman–Crippen LogP) is 3.70. The molecule has 3 saturated heterocycles. The molecule has 0 spiro atoms. The molecule has 5 rings (SSSR count). The highest BCUT2D eigenvalue weighted by Gasteiger charge is 2.43. The fraction of sp³-hybridized carbons (Fsp3) is 0.720. The van der Waals surface area contributed by atoms with Crippen molar-refractivity contribution >= 4 is 5.91 Å². The van der Waals surface area contributed by atoms with Crippen LogP contribution in [0.4, 0.5) is 0 Å². The number of hydrogen-bond donors (Lipinski definition) is 0. The van der Waals surface area contributed by atoms with Crippen molar-refractivity contribution in [2.24, 2.45) is 17.8 Å². The maximum absolute atomic E-state index is 12.9. The quantitative estimate of drug-likeness (QED) is 0.761. The van der Waals surface area contributed by atoms with Gasteiger partial charge < -0.3 is 14.5 Å². The van der Waals surface area contributed by atoms with Crippen LogP contribution in [-0.4, -0.2) is 61.6 Å². The summed E-state index contributed by atoms with van der Waals surface area (Å²) < 4.78 is 5.46. The number of benzene rings is 1. The van der Waals surface area contributed by atoms with Crippen LogP contribution in [0.5, 0.6) is 0 Å². The molecule has 29 heavy (non-hydrogen) atoms. The van der Waals surface area contributed by atoms with Crippen molar-refractivity contribution in [2.45, 2.75) is 50.9 Å². The van der Waals surface area contributed by atoms with Crippen molar-refractivity contribution in [2.75, 3.05) is 45.9 Å². The van der Waals surface area contributed by atoms with Gasteiger partial charge in [0.15, 0.2) is 0 Å². The summed E-state index contributed by atoms with van der Waals surface area (Å²) in [7, 11) is 0. The number of rotatable bonds is 5. The van der Waals surface area contributed by atoms with Gasteiger partial charge in [-0.15, -0.1) is 0 Å². The van der Waals surface area contributed by atoms with Crippen molar-refractivity contribution in [1.29, 1.82) is 0 Å². The summed E-state index contributed by atoms with van der Waals surface area (Å²) >= 11 is 0. The monoisotopic (exact) mass is 396 g/mol. The number of likely N-dealkylation sites (tertiary alicyclic amines) is 2. The van der Waals surface area contributed by atoms with Crippen LogP contribution in [0.1, 0.15) is 55.6 Å². The van der Waals surface area contributed by atoms with Gasteiger partial charge in [0.05, 0.1) is 12.5 Å². The Kier molecular flexibility index (Phi) is 5.92. The van der Waals surface area contributed by atoms with Gasteiger partial charge in [0, 0.05) is 26.2 Å². The van der Waals surface area contributed by atoms with Gasteiger partial charge in [-0.2, -0.15) is 0 Å². The first-order valence-corrected chi connectivity index (χ1v) is 12.0. The number of hydrogen-bond acceptors (Lipinski definition) is 3. The number of carbonyl (C=O) groups excluding carboxylic acids is 1. The SMILES string of the molecule is O=C(C1CCOC1)N1CC2CCCC(c3ccc(CCN4CCCC4)cc3)C2C1. The lowest BCUT2D eigenvalue weighted by molar-refractivity contribution is -0.134. The molecule has 4 aliphatic rings.